The summed E-state index contributed by atoms with van der Waals surface area (Å²) in [7, 11) is 0. The fourth-order valence-electron chi connectivity index (χ4n) is 2.65. The van der Waals surface area contributed by atoms with Crippen molar-refractivity contribution in [2.75, 3.05) is 52.6 Å². The van der Waals surface area contributed by atoms with Gasteiger partial charge in [0.15, 0.2) is 0 Å². The van der Waals surface area contributed by atoms with Gasteiger partial charge in [-0.2, -0.15) is 0 Å². The van der Waals surface area contributed by atoms with Crippen LogP contribution in [-0.2, 0) is 0 Å². The summed E-state index contributed by atoms with van der Waals surface area (Å²) >= 11 is 0. The van der Waals surface area contributed by atoms with Crippen LogP contribution in [0.3, 0.4) is 0 Å². The monoisotopic (exact) mass is 386 g/mol. The number of hydrogen-bond donors (Lipinski definition) is 4. The van der Waals surface area contributed by atoms with Crippen molar-refractivity contribution in [3.05, 3.63) is 0 Å². The smallest absolute Gasteiger partial charge is 0.0483 e. The molecule has 6 nitrogen and oxygen atoms in total. The predicted molar refractivity (Wildman–Crippen MR) is 120 cm³/mol. The highest BCUT2D eigenvalue weighted by Crippen LogP contribution is 1.95. The lowest BCUT2D eigenvalue weighted by Crippen LogP contribution is -2.47. The van der Waals surface area contributed by atoms with Crippen LogP contribution in [-0.4, -0.2) is 86.6 Å². The summed E-state index contributed by atoms with van der Waals surface area (Å²) in [4.78, 5) is 5.09. The summed E-state index contributed by atoms with van der Waals surface area (Å²) in [5.41, 5.74) is 0. The molecule has 0 aliphatic carbocycles. The van der Waals surface area contributed by atoms with E-state index in [2.05, 4.69) is 86.5 Å². The zero-order valence-corrected chi connectivity index (χ0v) is 19.6. The average molecular weight is 387 g/mol. The molecule has 0 spiro atoms. The molecular weight excluding hydrogens is 336 g/mol. The molecule has 164 valence electrons. The van der Waals surface area contributed by atoms with E-state index in [9.17, 15) is 0 Å². The Morgan fingerprint density at radius 3 is 1.33 bits per heavy atom. The quantitative estimate of drug-likeness (QED) is 0.213. The molecule has 0 saturated heterocycles. The van der Waals surface area contributed by atoms with Crippen molar-refractivity contribution in [3.8, 4) is 0 Å². The van der Waals surface area contributed by atoms with Crippen LogP contribution >= 0.6 is 0 Å². The summed E-state index contributed by atoms with van der Waals surface area (Å²) in [6.07, 6.45) is 1.19. The largest absolute Gasteiger partial charge is 0.314 e. The number of nitrogens with one attached hydrogen (secondary N) is 4. The number of rotatable bonds is 18. The van der Waals surface area contributed by atoms with Gasteiger partial charge < -0.3 is 21.3 Å². The van der Waals surface area contributed by atoms with E-state index >= 15 is 0 Å². The van der Waals surface area contributed by atoms with Gasteiger partial charge in [0, 0.05) is 70.2 Å². The second-order valence-electron chi connectivity index (χ2n) is 8.84. The van der Waals surface area contributed by atoms with Gasteiger partial charge in [0.05, 0.1) is 0 Å². The first kappa shape index (κ1) is 26.8. The number of nitrogens with zero attached hydrogens (tertiary/aromatic N) is 2. The maximum atomic E-state index is 3.59. The Labute approximate surface area is 170 Å². The lowest BCUT2D eigenvalue weighted by Gasteiger charge is -2.29. The second kappa shape index (κ2) is 16.7. The Balaban J connectivity index is 4.44. The summed E-state index contributed by atoms with van der Waals surface area (Å²) in [6, 6.07) is 2.16. The van der Waals surface area contributed by atoms with Gasteiger partial charge in [-0.1, -0.05) is 27.7 Å². The molecule has 4 N–H and O–H groups in total. The third-order valence-corrected chi connectivity index (χ3v) is 4.36. The summed E-state index contributed by atoms with van der Waals surface area (Å²) in [5.74, 6) is 0. The molecule has 0 radical (unpaired) electrons. The molecule has 0 saturated carbocycles. The van der Waals surface area contributed by atoms with Crippen molar-refractivity contribution < 1.29 is 0 Å². The minimum absolute atomic E-state index is 0.520. The molecule has 27 heavy (non-hydrogen) atoms. The third-order valence-electron chi connectivity index (χ3n) is 4.36. The van der Waals surface area contributed by atoms with Crippen molar-refractivity contribution in [3.63, 3.8) is 0 Å². The van der Waals surface area contributed by atoms with Gasteiger partial charge >= 0.3 is 0 Å². The Bertz CT molecular complexity index is 320. The van der Waals surface area contributed by atoms with E-state index in [1.165, 1.54) is 6.42 Å². The van der Waals surface area contributed by atoms with E-state index in [0.717, 1.165) is 52.6 Å². The number of hydrogen-bond acceptors (Lipinski definition) is 6. The Hall–Kier alpha value is -0.240. The van der Waals surface area contributed by atoms with E-state index in [4.69, 9.17) is 0 Å². The summed E-state index contributed by atoms with van der Waals surface area (Å²) in [6.45, 7) is 26.2. The van der Waals surface area contributed by atoms with E-state index in [1.54, 1.807) is 0 Å². The molecule has 0 aliphatic rings. The topological polar surface area (TPSA) is 54.6 Å². The van der Waals surface area contributed by atoms with Crippen LogP contribution in [0.4, 0.5) is 0 Å². The lowest BCUT2D eigenvalue weighted by atomic mass is 10.3. The van der Waals surface area contributed by atoms with Gasteiger partial charge in [-0.15, -0.1) is 0 Å². The highest BCUT2D eigenvalue weighted by Gasteiger charge is 2.10. The molecule has 0 aliphatic heterocycles. The lowest BCUT2D eigenvalue weighted by molar-refractivity contribution is 0.177. The van der Waals surface area contributed by atoms with Crippen LogP contribution in [0.25, 0.3) is 0 Å². The van der Waals surface area contributed by atoms with Crippen molar-refractivity contribution in [1.29, 1.82) is 0 Å². The standard InChI is InChI=1S/C21H50N6/c1-18(2)22-10-9-12-26(16-24-20(5)6)14-15-27(17-25-21(7)8)13-11-23-19(3)4/h18-25H,9-17H2,1-8H3. The van der Waals surface area contributed by atoms with Crippen molar-refractivity contribution in [1.82, 2.24) is 31.1 Å². The van der Waals surface area contributed by atoms with Crippen molar-refractivity contribution in [2.24, 2.45) is 0 Å². The molecule has 0 fully saturated rings. The van der Waals surface area contributed by atoms with Crippen LogP contribution in [0.1, 0.15) is 61.8 Å². The minimum Gasteiger partial charge on any atom is -0.314 e. The van der Waals surface area contributed by atoms with Gasteiger partial charge in [0.25, 0.3) is 0 Å². The molecule has 0 rings (SSSR count). The summed E-state index contributed by atoms with van der Waals surface area (Å²) < 4.78 is 0. The zero-order chi connectivity index (χ0) is 20.7. The fourth-order valence-corrected chi connectivity index (χ4v) is 2.65. The SMILES string of the molecule is CC(C)NCCCN(CCN(CCNC(C)C)CNC(C)C)CNC(C)C. The second-order valence-corrected chi connectivity index (χ2v) is 8.84. The Morgan fingerprint density at radius 1 is 0.481 bits per heavy atom. The van der Waals surface area contributed by atoms with Crippen LogP contribution in [0.2, 0.25) is 0 Å². The van der Waals surface area contributed by atoms with E-state index in [1.807, 2.05) is 0 Å². The highest BCUT2D eigenvalue weighted by molar-refractivity contribution is 4.67. The molecule has 0 atom stereocenters. The van der Waals surface area contributed by atoms with Gasteiger partial charge in [-0.3, -0.25) is 9.80 Å². The van der Waals surface area contributed by atoms with Crippen LogP contribution in [0, 0.1) is 0 Å². The van der Waals surface area contributed by atoms with Gasteiger partial charge in [0.2, 0.25) is 0 Å². The van der Waals surface area contributed by atoms with E-state index in [0.29, 0.717) is 24.2 Å². The minimum atomic E-state index is 0.520. The maximum Gasteiger partial charge on any atom is 0.0483 e. The van der Waals surface area contributed by atoms with Crippen LogP contribution in [0.15, 0.2) is 0 Å². The van der Waals surface area contributed by atoms with E-state index in [-0.39, 0.29) is 0 Å². The normalized spacial score (nSPS) is 12.7. The first-order valence-corrected chi connectivity index (χ1v) is 11.1. The molecule has 0 aromatic carbocycles. The van der Waals surface area contributed by atoms with Crippen LogP contribution < -0.4 is 21.3 Å². The highest BCUT2D eigenvalue weighted by atomic mass is 15.3. The summed E-state index contributed by atoms with van der Waals surface area (Å²) in [5, 5.41) is 14.2. The molecule has 6 heteroatoms. The third kappa shape index (κ3) is 18.9. The van der Waals surface area contributed by atoms with Crippen molar-refractivity contribution in [2.45, 2.75) is 86.0 Å². The molecule has 0 amide bonds. The molecular formula is C21H50N6. The molecule has 0 bridgehead atoms. The van der Waals surface area contributed by atoms with E-state index < -0.39 is 0 Å². The first-order valence-electron chi connectivity index (χ1n) is 11.1. The van der Waals surface area contributed by atoms with Crippen LogP contribution in [0.5, 0.6) is 0 Å². The Kier molecular flexibility index (Phi) is 16.5. The fraction of sp³-hybridized carbons (Fsp3) is 1.00. The average Bonchev–Trinajstić information content (AvgIpc) is 2.56. The zero-order valence-electron chi connectivity index (χ0n) is 19.6. The maximum absolute atomic E-state index is 3.59. The van der Waals surface area contributed by atoms with Gasteiger partial charge in [-0.05, 0) is 40.7 Å². The molecule has 0 unspecified atom stereocenters. The molecule has 0 heterocycles. The molecule has 0 aromatic heterocycles. The van der Waals surface area contributed by atoms with Crippen molar-refractivity contribution >= 4 is 0 Å². The molecule has 0 aromatic rings. The van der Waals surface area contributed by atoms with Gasteiger partial charge in [0.1, 0.15) is 0 Å². The first-order chi connectivity index (χ1) is 12.7. The van der Waals surface area contributed by atoms with Gasteiger partial charge in [-0.25, -0.2) is 0 Å². The Morgan fingerprint density at radius 2 is 0.889 bits per heavy atom. The predicted octanol–water partition coefficient (Wildman–Crippen LogP) is 1.89.